The number of hydrogen-bond donors (Lipinski definition) is 1. The highest BCUT2D eigenvalue weighted by Crippen LogP contribution is 2.20. The van der Waals surface area contributed by atoms with E-state index in [9.17, 15) is 13.2 Å². The molecule has 0 spiro atoms. The van der Waals surface area contributed by atoms with Gasteiger partial charge in [-0.3, -0.25) is 9.10 Å². The van der Waals surface area contributed by atoms with Crippen LogP contribution in [0, 0.1) is 0 Å². The molecule has 0 unspecified atom stereocenters. The number of carbonyl (C=O) groups is 1. The molecule has 0 radical (unpaired) electrons. The van der Waals surface area contributed by atoms with Crippen LogP contribution < -0.4 is 9.62 Å². The van der Waals surface area contributed by atoms with Crippen molar-refractivity contribution in [2.45, 2.75) is 12.8 Å². The summed E-state index contributed by atoms with van der Waals surface area (Å²) in [6, 6.07) is 16.3. The van der Waals surface area contributed by atoms with Crippen LogP contribution >= 0.6 is 11.6 Å². The summed E-state index contributed by atoms with van der Waals surface area (Å²) in [5.74, 6) is -0.182. The summed E-state index contributed by atoms with van der Waals surface area (Å²) in [5.41, 5.74) is 1.63. The molecule has 0 saturated heterocycles. The van der Waals surface area contributed by atoms with Crippen LogP contribution in [0.25, 0.3) is 0 Å². The van der Waals surface area contributed by atoms with Gasteiger partial charge in [0.1, 0.15) is 0 Å². The molecule has 0 aliphatic heterocycles. The normalized spacial score (nSPS) is 11.1. The SMILES string of the molecule is CS(=O)(=O)N(CCC(=O)NCCc1ccccc1)c1ccc(Cl)cc1. The van der Waals surface area contributed by atoms with Crippen LogP contribution in [-0.4, -0.2) is 33.7 Å². The Kier molecular flexibility index (Phi) is 6.84. The van der Waals surface area contributed by atoms with Crippen molar-refractivity contribution >= 4 is 33.2 Å². The summed E-state index contributed by atoms with van der Waals surface area (Å²) in [5, 5.41) is 3.34. The van der Waals surface area contributed by atoms with Crippen LogP contribution in [0.15, 0.2) is 54.6 Å². The molecule has 25 heavy (non-hydrogen) atoms. The Labute approximate surface area is 153 Å². The molecule has 5 nitrogen and oxygen atoms in total. The molecule has 2 aromatic rings. The van der Waals surface area contributed by atoms with E-state index in [1.54, 1.807) is 24.3 Å². The molecular weight excluding hydrogens is 360 g/mol. The lowest BCUT2D eigenvalue weighted by Gasteiger charge is -2.22. The Morgan fingerprint density at radius 3 is 2.32 bits per heavy atom. The van der Waals surface area contributed by atoms with Crippen LogP contribution in [0.3, 0.4) is 0 Å². The number of amides is 1. The quantitative estimate of drug-likeness (QED) is 0.765. The first kappa shape index (κ1) is 19.3. The van der Waals surface area contributed by atoms with E-state index in [-0.39, 0.29) is 18.9 Å². The molecule has 0 bridgehead atoms. The van der Waals surface area contributed by atoms with Gasteiger partial charge in [-0.05, 0) is 36.2 Å². The van der Waals surface area contributed by atoms with Gasteiger partial charge in [0.25, 0.3) is 0 Å². The largest absolute Gasteiger partial charge is 0.356 e. The number of halogens is 1. The predicted molar refractivity (Wildman–Crippen MR) is 101 cm³/mol. The molecule has 0 heterocycles. The van der Waals surface area contributed by atoms with E-state index in [1.807, 2.05) is 30.3 Å². The van der Waals surface area contributed by atoms with E-state index in [1.165, 1.54) is 4.31 Å². The Balaban J connectivity index is 1.87. The number of benzene rings is 2. The topological polar surface area (TPSA) is 66.5 Å². The molecule has 0 saturated carbocycles. The molecule has 0 fully saturated rings. The maximum atomic E-state index is 12.0. The summed E-state index contributed by atoms with van der Waals surface area (Å²) in [6.07, 6.45) is 1.94. The van der Waals surface area contributed by atoms with Crippen LogP contribution in [0.4, 0.5) is 5.69 Å². The van der Waals surface area contributed by atoms with Crippen LogP contribution in [-0.2, 0) is 21.2 Å². The van der Waals surface area contributed by atoms with Gasteiger partial charge in [-0.15, -0.1) is 0 Å². The fraction of sp³-hybridized carbons (Fsp3) is 0.278. The third kappa shape index (κ3) is 6.40. The minimum atomic E-state index is -3.48. The lowest BCUT2D eigenvalue weighted by molar-refractivity contribution is -0.120. The number of nitrogens with one attached hydrogen (secondary N) is 1. The third-order valence-electron chi connectivity index (χ3n) is 3.64. The molecule has 134 valence electrons. The van der Waals surface area contributed by atoms with Gasteiger partial charge < -0.3 is 5.32 Å². The number of rotatable bonds is 8. The average Bonchev–Trinajstić information content (AvgIpc) is 2.56. The monoisotopic (exact) mass is 380 g/mol. The molecule has 7 heteroatoms. The van der Waals surface area contributed by atoms with Crippen LogP contribution in [0.5, 0.6) is 0 Å². The van der Waals surface area contributed by atoms with Crippen LogP contribution in [0.1, 0.15) is 12.0 Å². The van der Waals surface area contributed by atoms with Crippen molar-refractivity contribution in [1.29, 1.82) is 0 Å². The maximum Gasteiger partial charge on any atom is 0.232 e. The van der Waals surface area contributed by atoms with Crippen molar-refractivity contribution in [3.8, 4) is 0 Å². The van der Waals surface area contributed by atoms with Gasteiger partial charge in [0.2, 0.25) is 15.9 Å². The summed E-state index contributed by atoms with van der Waals surface area (Å²) in [4.78, 5) is 12.0. The first-order valence-electron chi connectivity index (χ1n) is 7.90. The highest BCUT2D eigenvalue weighted by atomic mass is 35.5. The molecule has 0 atom stereocenters. The van der Waals surface area contributed by atoms with Gasteiger partial charge in [0, 0.05) is 24.5 Å². The second-order valence-electron chi connectivity index (χ2n) is 5.65. The zero-order valence-corrected chi connectivity index (χ0v) is 15.6. The van der Waals surface area contributed by atoms with E-state index in [0.717, 1.165) is 18.2 Å². The lowest BCUT2D eigenvalue weighted by Crippen LogP contribution is -2.35. The number of sulfonamides is 1. The van der Waals surface area contributed by atoms with E-state index >= 15 is 0 Å². The van der Waals surface area contributed by atoms with E-state index in [2.05, 4.69) is 5.32 Å². The van der Waals surface area contributed by atoms with Crippen molar-refractivity contribution in [3.05, 3.63) is 65.2 Å². The lowest BCUT2D eigenvalue weighted by atomic mass is 10.1. The second kappa shape index (κ2) is 8.87. The van der Waals surface area contributed by atoms with E-state index < -0.39 is 10.0 Å². The average molecular weight is 381 g/mol. The van der Waals surface area contributed by atoms with Crippen molar-refractivity contribution < 1.29 is 13.2 Å². The molecule has 0 aliphatic rings. The first-order valence-corrected chi connectivity index (χ1v) is 10.1. The molecule has 2 aromatic carbocycles. The molecule has 0 aromatic heterocycles. The third-order valence-corrected chi connectivity index (χ3v) is 5.08. The fourth-order valence-corrected chi connectivity index (χ4v) is 3.43. The Morgan fingerprint density at radius 1 is 1.08 bits per heavy atom. The number of carbonyl (C=O) groups excluding carboxylic acids is 1. The van der Waals surface area contributed by atoms with Crippen molar-refractivity contribution in [1.82, 2.24) is 5.32 Å². The molecular formula is C18H21ClN2O3S. The number of hydrogen-bond acceptors (Lipinski definition) is 3. The summed E-state index contributed by atoms with van der Waals surface area (Å²) < 4.78 is 25.2. The predicted octanol–water partition coefficient (Wildman–Crippen LogP) is 2.86. The van der Waals surface area contributed by atoms with Crippen molar-refractivity contribution in [3.63, 3.8) is 0 Å². The zero-order valence-electron chi connectivity index (χ0n) is 14.0. The highest BCUT2D eigenvalue weighted by molar-refractivity contribution is 7.92. The maximum absolute atomic E-state index is 12.0. The smallest absolute Gasteiger partial charge is 0.232 e. The Morgan fingerprint density at radius 2 is 1.72 bits per heavy atom. The standard InChI is InChI=1S/C18H21ClN2O3S/c1-25(23,24)21(17-9-7-16(19)8-10-17)14-12-18(22)20-13-11-15-5-3-2-4-6-15/h2-10H,11-14H2,1H3,(H,20,22). The van der Waals surface area contributed by atoms with Crippen molar-refractivity contribution in [2.75, 3.05) is 23.7 Å². The van der Waals surface area contributed by atoms with Gasteiger partial charge in [0.15, 0.2) is 0 Å². The van der Waals surface area contributed by atoms with Gasteiger partial charge in [-0.25, -0.2) is 8.42 Å². The van der Waals surface area contributed by atoms with Crippen LogP contribution in [0.2, 0.25) is 5.02 Å². The van der Waals surface area contributed by atoms with Gasteiger partial charge >= 0.3 is 0 Å². The van der Waals surface area contributed by atoms with E-state index in [4.69, 9.17) is 11.6 Å². The summed E-state index contributed by atoms with van der Waals surface area (Å²) >= 11 is 5.83. The minimum Gasteiger partial charge on any atom is -0.356 e. The first-order chi connectivity index (χ1) is 11.9. The molecule has 0 aliphatic carbocycles. The Hall–Kier alpha value is -2.05. The Bertz CT molecular complexity index is 793. The number of nitrogens with zero attached hydrogens (tertiary/aromatic N) is 1. The second-order valence-corrected chi connectivity index (χ2v) is 7.99. The van der Waals surface area contributed by atoms with Gasteiger partial charge in [-0.1, -0.05) is 41.9 Å². The van der Waals surface area contributed by atoms with Crippen molar-refractivity contribution in [2.24, 2.45) is 0 Å². The summed E-state index contributed by atoms with van der Waals surface area (Å²) in [6.45, 7) is 0.598. The van der Waals surface area contributed by atoms with E-state index in [0.29, 0.717) is 17.3 Å². The zero-order chi connectivity index (χ0) is 18.3. The number of anilines is 1. The van der Waals surface area contributed by atoms with Gasteiger partial charge in [-0.2, -0.15) is 0 Å². The summed E-state index contributed by atoms with van der Waals surface area (Å²) in [7, 11) is -3.48. The minimum absolute atomic E-state index is 0.0810. The fourth-order valence-electron chi connectivity index (χ4n) is 2.38. The molecule has 1 N–H and O–H groups in total. The molecule has 1 amide bonds. The van der Waals surface area contributed by atoms with Gasteiger partial charge in [0.05, 0.1) is 11.9 Å². The molecule has 2 rings (SSSR count). The highest BCUT2D eigenvalue weighted by Gasteiger charge is 2.18.